The molecule has 0 saturated carbocycles. The van der Waals surface area contributed by atoms with Gasteiger partial charge in [0.2, 0.25) is 0 Å². The van der Waals surface area contributed by atoms with Crippen molar-refractivity contribution in [2.45, 2.75) is 6.04 Å². The molecule has 1 aromatic heterocycles. The fraction of sp³-hybridized carbons (Fsp3) is 0.200. The van der Waals surface area contributed by atoms with Crippen LogP contribution in [-0.2, 0) is 0 Å². The number of hydrogen-bond donors (Lipinski definition) is 2. The minimum atomic E-state index is 0.205. The number of halogens is 1. The van der Waals surface area contributed by atoms with E-state index in [1.807, 2.05) is 23.9 Å². The highest BCUT2D eigenvalue weighted by Gasteiger charge is 2.27. The number of rotatable bonds is 4. The van der Waals surface area contributed by atoms with Crippen molar-refractivity contribution in [2.24, 2.45) is 0 Å². The Morgan fingerprint density at radius 2 is 2.05 bits per heavy atom. The molecule has 2 nitrogen and oxygen atoms in total. The summed E-state index contributed by atoms with van der Waals surface area (Å²) in [5.74, 6) is 1.00. The Morgan fingerprint density at radius 1 is 1.25 bits per heavy atom. The van der Waals surface area contributed by atoms with E-state index in [-0.39, 0.29) is 6.04 Å². The molecule has 0 spiro atoms. The van der Waals surface area contributed by atoms with Gasteiger partial charge in [-0.05, 0) is 41.0 Å². The molecule has 2 N–H and O–H groups in total. The first kappa shape index (κ1) is 14.0. The average molecular weight is 323 g/mol. The monoisotopic (exact) mass is 322 g/mol. The van der Waals surface area contributed by atoms with Gasteiger partial charge in [0.25, 0.3) is 0 Å². The minimum Gasteiger partial charge on any atom is -0.319 e. The van der Waals surface area contributed by atoms with E-state index in [1.54, 1.807) is 11.3 Å². The number of thioether (sulfide) groups is 1. The molecule has 1 aromatic carbocycles. The van der Waals surface area contributed by atoms with Crippen LogP contribution in [0.2, 0.25) is 5.02 Å². The van der Waals surface area contributed by atoms with Gasteiger partial charge in [-0.1, -0.05) is 29.8 Å². The van der Waals surface area contributed by atoms with Gasteiger partial charge in [0, 0.05) is 10.8 Å². The van der Waals surface area contributed by atoms with Gasteiger partial charge in [0.15, 0.2) is 0 Å². The second-order valence-corrected chi connectivity index (χ2v) is 6.81. The average Bonchev–Trinajstić information content (AvgIpc) is 3.09. The van der Waals surface area contributed by atoms with Crippen molar-refractivity contribution >= 4 is 40.4 Å². The smallest absolute Gasteiger partial charge is 0.0752 e. The van der Waals surface area contributed by atoms with E-state index in [9.17, 15) is 0 Å². The van der Waals surface area contributed by atoms with E-state index in [4.69, 9.17) is 11.6 Å². The highest BCUT2D eigenvalue weighted by Crippen LogP contribution is 2.35. The molecule has 0 saturated heterocycles. The third-order valence-electron chi connectivity index (χ3n) is 3.28. The first-order valence-corrected chi connectivity index (χ1v) is 8.97. The van der Waals surface area contributed by atoms with E-state index in [0.29, 0.717) is 0 Å². The van der Waals surface area contributed by atoms with E-state index in [0.717, 1.165) is 10.8 Å². The molecule has 0 fully saturated rings. The first-order valence-electron chi connectivity index (χ1n) is 6.32. The summed E-state index contributed by atoms with van der Waals surface area (Å²) in [5, 5.41) is 2.88. The Bertz CT molecular complexity index is 605. The summed E-state index contributed by atoms with van der Waals surface area (Å²) >= 11 is 9.58. The van der Waals surface area contributed by atoms with Crippen LogP contribution in [-0.4, -0.2) is 12.0 Å². The van der Waals surface area contributed by atoms with Gasteiger partial charge in [-0.2, -0.15) is 11.8 Å². The quantitative estimate of drug-likeness (QED) is 0.876. The lowest BCUT2D eigenvalue weighted by Crippen LogP contribution is -2.26. The van der Waals surface area contributed by atoms with Crippen molar-refractivity contribution < 1.29 is 0 Å². The van der Waals surface area contributed by atoms with E-state index >= 15 is 0 Å². The molecule has 2 aromatic rings. The molecule has 0 bridgehead atoms. The maximum Gasteiger partial charge on any atom is 0.0752 e. The van der Waals surface area contributed by atoms with Crippen molar-refractivity contribution in [1.82, 2.24) is 10.9 Å². The second kappa shape index (κ2) is 6.22. The summed E-state index contributed by atoms with van der Waals surface area (Å²) in [6.45, 7) is 0. The number of hydrazine groups is 1. The molecular weight excluding hydrogens is 308 g/mol. The van der Waals surface area contributed by atoms with Crippen molar-refractivity contribution in [2.75, 3.05) is 12.0 Å². The topological polar surface area (TPSA) is 24.1 Å². The maximum absolute atomic E-state index is 5.98. The van der Waals surface area contributed by atoms with Crippen LogP contribution >= 0.6 is 34.7 Å². The van der Waals surface area contributed by atoms with Gasteiger partial charge in [-0.25, -0.2) is 5.43 Å². The van der Waals surface area contributed by atoms with Crippen LogP contribution in [0.3, 0.4) is 0 Å². The van der Waals surface area contributed by atoms with Crippen LogP contribution in [0.4, 0.5) is 0 Å². The normalized spacial score (nSPS) is 18.4. The second-order valence-electron chi connectivity index (χ2n) is 4.56. The Balaban J connectivity index is 1.98. The van der Waals surface area contributed by atoms with Crippen molar-refractivity contribution in [1.29, 1.82) is 0 Å². The number of benzene rings is 1. The highest BCUT2D eigenvalue weighted by atomic mass is 35.5. The Kier molecular flexibility index (Phi) is 4.36. The minimum absolute atomic E-state index is 0.205. The first-order chi connectivity index (χ1) is 9.79. The van der Waals surface area contributed by atoms with Gasteiger partial charge in [-0.15, -0.1) is 11.3 Å². The SMILES string of the molecule is CSCC1=C(c2cccs2)NNC1c1ccc(Cl)cc1. The van der Waals surface area contributed by atoms with Gasteiger partial charge in [0.1, 0.15) is 0 Å². The zero-order chi connectivity index (χ0) is 13.9. The van der Waals surface area contributed by atoms with Crippen LogP contribution in [0, 0.1) is 0 Å². The molecule has 0 amide bonds. The fourth-order valence-corrected chi connectivity index (χ4v) is 3.86. The third kappa shape index (κ3) is 2.74. The predicted molar refractivity (Wildman–Crippen MR) is 90.1 cm³/mol. The number of thiophene rings is 1. The summed E-state index contributed by atoms with van der Waals surface area (Å²) in [5.41, 5.74) is 10.6. The number of nitrogens with one attached hydrogen (secondary N) is 2. The van der Waals surface area contributed by atoms with Crippen LogP contribution in [0.25, 0.3) is 5.70 Å². The molecule has 0 aliphatic carbocycles. The Morgan fingerprint density at radius 3 is 2.70 bits per heavy atom. The molecule has 1 aliphatic heterocycles. The van der Waals surface area contributed by atoms with Gasteiger partial charge in [-0.3, -0.25) is 0 Å². The molecule has 1 unspecified atom stereocenters. The summed E-state index contributed by atoms with van der Waals surface area (Å²) < 4.78 is 0. The molecule has 2 heterocycles. The van der Waals surface area contributed by atoms with Gasteiger partial charge in [0.05, 0.1) is 16.6 Å². The zero-order valence-corrected chi connectivity index (χ0v) is 13.4. The molecule has 104 valence electrons. The zero-order valence-electron chi connectivity index (χ0n) is 11.0. The van der Waals surface area contributed by atoms with Crippen LogP contribution in [0.15, 0.2) is 47.4 Å². The molecule has 1 atom stereocenters. The lowest BCUT2D eigenvalue weighted by Gasteiger charge is -2.14. The largest absolute Gasteiger partial charge is 0.319 e. The third-order valence-corrected chi connectivity index (χ3v) is 5.02. The Hall–Kier alpha value is -0.940. The van der Waals surface area contributed by atoms with Crippen molar-refractivity contribution in [3.8, 4) is 0 Å². The Labute approximate surface area is 132 Å². The molecular formula is C15H15ClN2S2. The maximum atomic E-state index is 5.98. The van der Waals surface area contributed by atoms with Crippen LogP contribution in [0.1, 0.15) is 16.5 Å². The summed E-state index contributed by atoms with van der Waals surface area (Å²) in [7, 11) is 0. The van der Waals surface area contributed by atoms with Crippen LogP contribution < -0.4 is 10.9 Å². The van der Waals surface area contributed by atoms with Crippen molar-refractivity contribution in [3.63, 3.8) is 0 Å². The van der Waals surface area contributed by atoms with Crippen molar-refractivity contribution in [3.05, 3.63) is 62.8 Å². The molecule has 1 aliphatic rings. The molecule has 0 radical (unpaired) electrons. The van der Waals surface area contributed by atoms with Crippen LogP contribution in [0.5, 0.6) is 0 Å². The predicted octanol–water partition coefficient (Wildman–Crippen LogP) is 4.32. The standard InChI is InChI=1S/C15H15ClN2S2/c1-19-9-12-14(10-4-6-11(16)7-5-10)17-18-15(12)13-3-2-8-20-13/h2-8,14,17-18H,9H2,1H3. The highest BCUT2D eigenvalue weighted by molar-refractivity contribution is 7.98. The van der Waals surface area contributed by atoms with E-state index in [1.165, 1.54) is 21.7 Å². The fourth-order valence-electron chi connectivity index (χ4n) is 2.35. The van der Waals surface area contributed by atoms with Gasteiger partial charge < -0.3 is 5.43 Å². The molecule has 5 heteroatoms. The lowest BCUT2D eigenvalue weighted by atomic mass is 10.00. The van der Waals surface area contributed by atoms with Gasteiger partial charge >= 0.3 is 0 Å². The van der Waals surface area contributed by atoms with E-state index < -0.39 is 0 Å². The molecule has 3 rings (SSSR count). The summed E-state index contributed by atoms with van der Waals surface area (Å²) in [6.07, 6.45) is 2.14. The number of hydrogen-bond acceptors (Lipinski definition) is 4. The molecule has 20 heavy (non-hydrogen) atoms. The lowest BCUT2D eigenvalue weighted by molar-refractivity contribution is 0.602. The van der Waals surface area contributed by atoms with E-state index in [2.05, 4.69) is 46.8 Å². The summed E-state index contributed by atoms with van der Waals surface area (Å²) in [6, 6.07) is 12.5. The summed E-state index contributed by atoms with van der Waals surface area (Å²) in [4.78, 5) is 1.28.